The second-order valence-electron chi connectivity index (χ2n) is 6.05. The second kappa shape index (κ2) is 5.44. The third-order valence-electron chi connectivity index (χ3n) is 4.47. The second-order valence-corrected chi connectivity index (χ2v) is 7.01. The fraction of sp³-hybridized carbons (Fsp3) is 0.438. The Hall–Kier alpha value is -1.79. The van der Waals surface area contributed by atoms with Crippen LogP contribution in [0.2, 0.25) is 0 Å². The van der Waals surface area contributed by atoms with Gasteiger partial charge in [0.15, 0.2) is 5.82 Å². The third kappa shape index (κ3) is 2.32. The minimum Gasteiger partial charge on any atom is -0.306 e. The molecular formula is C16H19N5S. The highest BCUT2D eigenvalue weighted by atomic mass is 32.1. The van der Waals surface area contributed by atoms with E-state index in [2.05, 4.69) is 53.3 Å². The van der Waals surface area contributed by atoms with E-state index in [1.807, 2.05) is 4.52 Å². The quantitative estimate of drug-likeness (QED) is 0.730. The summed E-state index contributed by atoms with van der Waals surface area (Å²) >= 11 is 1.62. The van der Waals surface area contributed by atoms with Crippen molar-refractivity contribution in [3.63, 3.8) is 0 Å². The van der Waals surface area contributed by atoms with Crippen molar-refractivity contribution in [3.05, 3.63) is 35.7 Å². The highest BCUT2D eigenvalue weighted by Gasteiger charge is 2.24. The SMILES string of the molecule is Cc1ccccc1-c1nn2c(C3CCN(C)CC3)nnc2s1. The van der Waals surface area contributed by atoms with Crippen LogP contribution < -0.4 is 0 Å². The molecule has 0 saturated carbocycles. The molecule has 1 aromatic carbocycles. The molecule has 2 aromatic heterocycles. The van der Waals surface area contributed by atoms with Crippen LogP contribution in [0.25, 0.3) is 15.5 Å². The summed E-state index contributed by atoms with van der Waals surface area (Å²) in [5, 5.41) is 14.6. The standard InChI is InChI=1S/C16H19N5S/c1-11-5-3-4-6-13(11)15-19-21-14(17-18-16(21)22-15)12-7-9-20(2)10-8-12/h3-6,12H,7-10H2,1-2H3. The van der Waals surface area contributed by atoms with Crippen LogP contribution >= 0.6 is 11.3 Å². The molecule has 0 spiro atoms. The summed E-state index contributed by atoms with van der Waals surface area (Å²) in [6.07, 6.45) is 2.27. The molecule has 4 rings (SSSR count). The van der Waals surface area contributed by atoms with Gasteiger partial charge >= 0.3 is 0 Å². The van der Waals surface area contributed by atoms with Gasteiger partial charge in [-0.15, -0.1) is 10.2 Å². The summed E-state index contributed by atoms with van der Waals surface area (Å²) in [7, 11) is 2.18. The molecule has 0 unspecified atom stereocenters. The maximum atomic E-state index is 4.79. The molecule has 0 atom stereocenters. The molecule has 22 heavy (non-hydrogen) atoms. The normalized spacial score (nSPS) is 17.4. The number of nitrogens with zero attached hydrogens (tertiary/aromatic N) is 5. The Kier molecular flexibility index (Phi) is 3.43. The van der Waals surface area contributed by atoms with Crippen LogP contribution in [0.1, 0.15) is 30.1 Å². The largest absolute Gasteiger partial charge is 0.306 e. The van der Waals surface area contributed by atoms with Crippen molar-refractivity contribution in [1.82, 2.24) is 24.7 Å². The molecule has 0 aliphatic carbocycles. The minimum absolute atomic E-state index is 0.470. The van der Waals surface area contributed by atoms with Crippen molar-refractivity contribution in [2.45, 2.75) is 25.7 Å². The fourth-order valence-electron chi connectivity index (χ4n) is 3.08. The molecule has 114 valence electrons. The zero-order valence-corrected chi connectivity index (χ0v) is 13.7. The minimum atomic E-state index is 0.470. The molecule has 3 heterocycles. The summed E-state index contributed by atoms with van der Waals surface area (Å²) in [5.74, 6) is 1.50. The number of piperidine rings is 1. The van der Waals surface area contributed by atoms with Crippen molar-refractivity contribution >= 4 is 16.3 Å². The van der Waals surface area contributed by atoms with E-state index in [4.69, 9.17) is 5.10 Å². The molecule has 3 aromatic rings. The Bertz CT molecular complexity index is 798. The fourth-order valence-corrected chi connectivity index (χ4v) is 4.01. The molecular weight excluding hydrogens is 294 g/mol. The Labute approximate surface area is 133 Å². The van der Waals surface area contributed by atoms with Crippen molar-refractivity contribution in [1.29, 1.82) is 0 Å². The van der Waals surface area contributed by atoms with Crippen LogP contribution in [0, 0.1) is 6.92 Å². The van der Waals surface area contributed by atoms with E-state index in [0.717, 1.165) is 41.7 Å². The Morgan fingerprint density at radius 3 is 2.68 bits per heavy atom. The molecule has 1 fully saturated rings. The van der Waals surface area contributed by atoms with Gasteiger partial charge in [-0.1, -0.05) is 35.6 Å². The Morgan fingerprint density at radius 1 is 1.14 bits per heavy atom. The molecule has 1 saturated heterocycles. The number of likely N-dealkylation sites (tertiary alicyclic amines) is 1. The van der Waals surface area contributed by atoms with E-state index in [1.54, 1.807) is 11.3 Å². The van der Waals surface area contributed by atoms with Gasteiger partial charge in [-0.3, -0.25) is 0 Å². The average molecular weight is 313 g/mol. The summed E-state index contributed by atoms with van der Waals surface area (Å²) in [6, 6.07) is 8.36. The molecule has 0 amide bonds. The van der Waals surface area contributed by atoms with E-state index in [-0.39, 0.29) is 0 Å². The first-order valence-electron chi connectivity index (χ1n) is 7.69. The van der Waals surface area contributed by atoms with Crippen LogP contribution in [0.4, 0.5) is 0 Å². The number of fused-ring (bicyclic) bond motifs is 1. The van der Waals surface area contributed by atoms with Crippen molar-refractivity contribution < 1.29 is 0 Å². The highest BCUT2D eigenvalue weighted by Crippen LogP contribution is 2.31. The van der Waals surface area contributed by atoms with Gasteiger partial charge in [0, 0.05) is 11.5 Å². The van der Waals surface area contributed by atoms with Gasteiger partial charge in [-0.25, -0.2) is 0 Å². The summed E-state index contributed by atoms with van der Waals surface area (Å²) in [5.41, 5.74) is 2.43. The summed E-state index contributed by atoms with van der Waals surface area (Å²) in [4.78, 5) is 3.27. The molecule has 0 N–H and O–H groups in total. The van der Waals surface area contributed by atoms with Gasteiger partial charge in [0.25, 0.3) is 0 Å². The van der Waals surface area contributed by atoms with Gasteiger partial charge in [0.2, 0.25) is 4.96 Å². The van der Waals surface area contributed by atoms with Gasteiger partial charge < -0.3 is 4.90 Å². The van der Waals surface area contributed by atoms with Gasteiger partial charge in [-0.2, -0.15) is 9.61 Å². The molecule has 1 aliphatic rings. The van der Waals surface area contributed by atoms with E-state index >= 15 is 0 Å². The number of hydrogen-bond acceptors (Lipinski definition) is 5. The highest BCUT2D eigenvalue weighted by molar-refractivity contribution is 7.19. The van der Waals surface area contributed by atoms with E-state index in [9.17, 15) is 0 Å². The number of aryl methyl sites for hydroxylation is 1. The van der Waals surface area contributed by atoms with Crippen LogP contribution in [-0.4, -0.2) is 44.8 Å². The third-order valence-corrected chi connectivity index (χ3v) is 5.41. The number of benzene rings is 1. The summed E-state index contributed by atoms with van der Waals surface area (Å²) < 4.78 is 1.96. The Morgan fingerprint density at radius 2 is 1.91 bits per heavy atom. The number of hydrogen-bond donors (Lipinski definition) is 0. The molecule has 0 radical (unpaired) electrons. The lowest BCUT2D eigenvalue weighted by Crippen LogP contribution is -2.30. The van der Waals surface area contributed by atoms with Gasteiger partial charge in [0.1, 0.15) is 5.01 Å². The van der Waals surface area contributed by atoms with Gasteiger partial charge in [0.05, 0.1) is 0 Å². The van der Waals surface area contributed by atoms with Crippen LogP contribution in [0.15, 0.2) is 24.3 Å². The maximum absolute atomic E-state index is 4.79. The van der Waals surface area contributed by atoms with E-state index in [1.165, 1.54) is 11.1 Å². The number of rotatable bonds is 2. The number of aromatic nitrogens is 4. The average Bonchev–Trinajstić information content (AvgIpc) is 3.09. The molecule has 6 heteroatoms. The lowest BCUT2D eigenvalue weighted by Gasteiger charge is -2.27. The zero-order valence-electron chi connectivity index (χ0n) is 12.9. The monoisotopic (exact) mass is 313 g/mol. The van der Waals surface area contributed by atoms with Crippen molar-refractivity contribution in [2.24, 2.45) is 0 Å². The molecule has 0 bridgehead atoms. The lowest BCUT2D eigenvalue weighted by molar-refractivity contribution is 0.250. The Balaban J connectivity index is 1.72. The zero-order chi connectivity index (χ0) is 15.1. The van der Waals surface area contributed by atoms with Crippen molar-refractivity contribution in [3.8, 4) is 10.6 Å². The lowest BCUT2D eigenvalue weighted by atomic mass is 9.96. The first kappa shape index (κ1) is 13.8. The van der Waals surface area contributed by atoms with Crippen molar-refractivity contribution in [2.75, 3.05) is 20.1 Å². The van der Waals surface area contributed by atoms with Crippen LogP contribution in [-0.2, 0) is 0 Å². The molecule has 1 aliphatic heterocycles. The van der Waals surface area contributed by atoms with E-state index in [0.29, 0.717) is 5.92 Å². The first-order valence-corrected chi connectivity index (χ1v) is 8.50. The van der Waals surface area contributed by atoms with Crippen LogP contribution in [0.3, 0.4) is 0 Å². The summed E-state index contributed by atoms with van der Waals surface area (Å²) in [6.45, 7) is 4.36. The first-order chi connectivity index (χ1) is 10.7. The van der Waals surface area contributed by atoms with E-state index < -0.39 is 0 Å². The predicted molar refractivity (Wildman–Crippen MR) is 88.3 cm³/mol. The topological polar surface area (TPSA) is 46.3 Å². The van der Waals surface area contributed by atoms with Gasteiger partial charge in [-0.05, 0) is 45.5 Å². The van der Waals surface area contributed by atoms with Crippen LogP contribution in [0.5, 0.6) is 0 Å². The molecule has 5 nitrogen and oxygen atoms in total. The maximum Gasteiger partial charge on any atom is 0.234 e. The predicted octanol–water partition coefficient (Wildman–Crippen LogP) is 2.97. The smallest absolute Gasteiger partial charge is 0.234 e.